The van der Waals surface area contributed by atoms with Crippen molar-refractivity contribution in [3.05, 3.63) is 65.0 Å². The second-order valence-electron chi connectivity index (χ2n) is 7.41. The molecule has 0 unspecified atom stereocenters. The molecule has 3 aromatic rings. The van der Waals surface area contributed by atoms with Gasteiger partial charge in [-0.25, -0.2) is 4.39 Å². The van der Waals surface area contributed by atoms with Crippen molar-refractivity contribution in [3.8, 4) is 5.75 Å². The zero-order chi connectivity index (χ0) is 21.0. The fraction of sp³-hybridized carbons (Fsp3) is 0.364. The lowest BCUT2D eigenvalue weighted by molar-refractivity contribution is -0.0171. The average Bonchev–Trinajstić information content (AvgIpc) is 3.21. The Morgan fingerprint density at radius 3 is 2.71 bits per heavy atom. The van der Waals surface area contributed by atoms with Crippen LogP contribution in [0.15, 0.2) is 47.6 Å². The number of morpholine rings is 1. The van der Waals surface area contributed by atoms with E-state index < -0.39 is 0 Å². The molecule has 0 aliphatic carbocycles. The second kappa shape index (κ2) is 9.25. The molecule has 0 N–H and O–H groups in total. The van der Waals surface area contributed by atoms with Crippen LogP contribution >= 0.6 is 11.8 Å². The van der Waals surface area contributed by atoms with Crippen molar-refractivity contribution in [1.82, 2.24) is 14.8 Å². The van der Waals surface area contributed by atoms with Crippen LogP contribution in [0.3, 0.4) is 0 Å². The molecule has 1 fully saturated rings. The lowest BCUT2D eigenvalue weighted by Crippen LogP contribution is -2.38. The predicted octanol–water partition coefficient (Wildman–Crippen LogP) is 3.46. The van der Waals surface area contributed by atoms with Gasteiger partial charge >= 0.3 is 0 Å². The molecule has 7 nitrogen and oxygen atoms in total. The molecule has 2 aromatic carbocycles. The van der Waals surface area contributed by atoms with Crippen LogP contribution in [0.1, 0.15) is 16.7 Å². The van der Waals surface area contributed by atoms with Crippen molar-refractivity contribution in [1.29, 1.82) is 0 Å². The third-order valence-corrected chi connectivity index (χ3v) is 6.30. The summed E-state index contributed by atoms with van der Waals surface area (Å²) in [5.41, 5.74) is 2.70. The van der Waals surface area contributed by atoms with Gasteiger partial charge in [0.1, 0.15) is 11.6 Å². The molecule has 162 valence electrons. The summed E-state index contributed by atoms with van der Waals surface area (Å²) in [5, 5.41) is 9.75. The maximum atomic E-state index is 14.1. The van der Waals surface area contributed by atoms with E-state index in [9.17, 15) is 4.39 Å². The normalized spacial score (nSPS) is 16.1. The van der Waals surface area contributed by atoms with E-state index >= 15 is 0 Å². The molecule has 9 heteroatoms. The van der Waals surface area contributed by atoms with Gasteiger partial charge < -0.3 is 19.1 Å². The summed E-state index contributed by atoms with van der Waals surface area (Å²) in [5.74, 6) is 1.78. The van der Waals surface area contributed by atoms with Gasteiger partial charge in [0.2, 0.25) is 5.95 Å². The highest BCUT2D eigenvalue weighted by Gasteiger charge is 2.22. The summed E-state index contributed by atoms with van der Waals surface area (Å²) >= 11 is 1.53. The monoisotopic (exact) mass is 442 g/mol. The highest BCUT2D eigenvalue weighted by Crippen LogP contribution is 2.34. The third kappa shape index (κ3) is 4.53. The highest BCUT2D eigenvalue weighted by atomic mass is 32.2. The molecule has 0 bridgehead atoms. The molecule has 0 atom stereocenters. The molecule has 2 aliphatic heterocycles. The minimum Gasteiger partial charge on any atom is -0.467 e. The third-order valence-electron chi connectivity index (χ3n) is 5.28. The maximum absolute atomic E-state index is 14.1. The lowest BCUT2D eigenvalue weighted by Gasteiger charge is -2.28. The number of benzene rings is 2. The van der Waals surface area contributed by atoms with Gasteiger partial charge in [0.25, 0.3) is 0 Å². The fourth-order valence-electron chi connectivity index (χ4n) is 3.80. The van der Waals surface area contributed by atoms with Crippen molar-refractivity contribution < 1.29 is 18.6 Å². The Morgan fingerprint density at radius 1 is 1.03 bits per heavy atom. The van der Waals surface area contributed by atoms with Crippen LogP contribution in [0.2, 0.25) is 0 Å². The summed E-state index contributed by atoms with van der Waals surface area (Å²) in [7, 11) is 0. The molecule has 1 saturated heterocycles. The zero-order valence-corrected chi connectivity index (χ0v) is 17.8. The molecule has 0 amide bonds. The minimum atomic E-state index is -0.289. The van der Waals surface area contributed by atoms with Crippen LogP contribution in [0.4, 0.5) is 10.3 Å². The van der Waals surface area contributed by atoms with E-state index in [2.05, 4.69) is 31.8 Å². The number of thioether (sulfide) groups is 1. The van der Waals surface area contributed by atoms with Crippen molar-refractivity contribution in [2.45, 2.75) is 24.1 Å². The van der Waals surface area contributed by atoms with E-state index in [0.29, 0.717) is 37.9 Å². The van der Waals surface area contributed by atoms with Gasteiger partial charge in [-0.1, -0.05) is 42.1 Å². The first kappa shape index (κ1) is 20.3. The van der Waals surface area contributed by atoms with Gasteiger partial charge in [0.05, 0.1) is 26.4 Å². The molecule has 5 rings (SSSR count). The summed E-state index contributed by atoms with van der Waals surface area (Å²) < 4.78 is 32.7. The van der Waals surface area contributed by atoms with Crippen molar-refractivity contribution in [3.63, 3.8) is 0 Å². The molecule has 3 heterocycles. The Hall–Kier alpha value is -2.62. The Morgan fingerprint density at radius 2 is 1.87 bits per heavy atom. The number of nitrogens with zero attached hydrogens (tertiary/aromatic N) is 4. The molecule has 31 heavy (non-hydrogen) atoms. The largest absolute Gasteiger partial charge is 0.467 e. The number of halogens is 1. The van der Waals surface area contributed by atoms with Gasteiger partial charge in [-0.05, 0) is 17.7 Å². The highest BCUT2D eigenvalue weighted by molar-refractivity contribution is 7.98. The van der Waals surface area contributed by atoms with E-state index in [1.165, 1.54) is 29.5 Å². The van der Waals surface area contributed by atoms with Gasteiger partial charge in [-0.15, -0.1) is 10.2 Å². The van der Waals surface area contributed by atoms with E-state index in [0.717, 1.165) is 35.3 Å². The number of anilines is 1. The number of fused-ring (bicyclic) bond motifs is 1. The quantitative estimate of drug-likeness (QED) is 0.542. The first-order chi connectivity index (χ1) is 15.3. The Balaban J connectivity index is 1.42. The van der Waals surface area contributed by atoms with Crippen LogP contribution in [0.25, 0.3) is 0 Å². The molecule has 0 saturated carbocycles. The standard InChI is InChI=1S/C22H23FN4O3S/c23-19-10-17-13-29-15-30-20(17)18(11-19)14-31-22-25-24-21(26-6-8-28-9-7-26)27(22)12-16-4-2-1-3-5-16/h1-5,10-11H,6-9,12-15H2. The summed E-state index contributed by atoms with van der Waals surface area (Å²) in [6.07, 6.45) is 0. The smallest absolute Gasteiger partial charge is 0.228 e. The fourth-order valence-corrected chi connectivity index (χ4v) is 4.70. The SMILES string of the molecule is Fc1cc2c(c(CSc3nnc(N4CCOCC4)n3Cc3ccccc3)c1)OCOC2. The molecular formula is C22H23FN4O3S. The van der Waals surface area contributed by atoms with E-state index in [1.54, 1.807) is 0 Å². The molecule has 0 radical (unpaired) electrons. The predicted molar refractivity (Wildman–Crippen MR) is 115 cm³/mol. The first-order valence-electron chi connectivity index (χ1n) is 10.2. The summed E-state index contributed by atoms with van der Waals surface area (Å²) in [4.78, 5) is 2.20. The zero-order valence-electron chi connectivity index (χ0n) is 17.0. The summed E-state index contributed by atoms with van der Waals surface area (Å²) in [6.45, 7) is 4.11. The number of hydrogen-bond acceptors (Lipinski definition) is 7. The lowest BCUT2D eigenvalue weighted by atomic mass is 10.1. The van der Waals surface area contributed by atoms with E-state index in [4.69, 9.17) is 14.2 Å². The molecule has 1 aromatic heterocycles. The minimum absolute atomic E-state index is 0.182. The number of rotatable bonds is 6. The molecule has 0 spiro atoms. The number of ether oxygens (including phenoxy) is 3. The molecular weight excluding hydrogens is 419 g/mol. The van der Waals surface area contributed by atoms with E-state index in [1.807, 2.05) is 18.2 Å². The Bertz CT molecular complexity index is 1040. The number of hydrogen-bond donors (Lipinski definition) is 0. The average molecular weight is 443 g/mol. The maximum Gasteiger partial charge on any atom is 0.228 e. The van der Waals surface area contributed by atoms with Crippen molar-refractivity contribution in [2.24, 2.45) is 0 Å². The Kier molecular flexibility index (Phi) is 6.06. The van der Waals surface area contributed by atoms with Gasteiger partial charge in [-0.2, -0.15) is 0 Å². The van der Waals surface area contributed by atoms with Gasteiger partial charge in [0, 0.05) is 30.0 Å². The topological polar surface area (TPSA) is 61.6 Å². The van der Waals surface area contributed by atoms with Crippen LogP contribution in [0, 0.1) is 5.82 Å². The Labute approximate surface area is 184 Å². The summed E-state index contributed by atoms with van der Waals surface area (Å²) in [6, 6.07) is 13.2. The first-order valence-corrected chi connectivity index (χ1v) is 11.2. The van der Waals surface area contributed by atoms with Gasteiger partial charge in [0.15, 0.2) is 11.9 Å². The van der Waals surface area contributed by atoms with Crippen LogP contribution < -0.4 is 9.64 Å². The van der Waals surface area contributed by atoms with Crippen LogP contribution in [0.5, 0.6) is 5.75 Å². The van der Waals surface area contributed by atoms with E-state index in [-0.39, 0.29) is 12.6 Å². The van der Waals surface area contributed by atoms with Gasteiger partial charge in [-0.3, -0.25) is 4.57 Å². The molecule has 2 aliphatic rings. The van der Waals surface area contributed by atoms with Crippen LogP contribution in [-0.4, -0.2) is 47.9 Å². The second-order valence-corrected chi connectivity index (χ2v) is 8.35. The van der Waals surface area contributed by atoms with Crippen LogP contribution in [-0.2, 0) is 28.4 Å². The van der Waals surface area contributed by atoms with Crippen molar-refractivity contribution in [2.75, 3.05) is 38.0 Å². The number of aromatic nitrogens is 3. The van der Waals surface area contributed by atoms with Crippen molar-refractivity contribution >= 4 is 17.7 Å².